The number of ether oxygens (including phenoxy) is 2. The first-order valence-corrected chi connectivity index (χ1v) is 10.3. The summed E-state index contributed by atoms with van der Waals surface area (Å²) in [7, 11) is 0. The fourth-order valence-electron chi connectivity index (χ4n) is 3.50. The second-order valence-corrected chi connectivity index (χ2v) is 7.56. The molecule has 1 amide bonds. The van der Waals surface area contributed by atoms with Gasteiger partial charge in [0.1, 0.15) is 0 Å². The van der Waals surface area contributed by atoms with E-state index in [9.17, 15) is 4.79 Å². The van der Waals surface area contributed by atoms with Crippen molar-refractivity contribution in [3.8, 4) is 11.5 Å². The molecule has 1 saturated heterocycles. The summed E-state index contributed by atoms with van der Waals surface area (Å²) in [4.78, 5) is 18.9. The summed E-state index contributed by atoms with van der Waals surface area (Å²) in [6.07, 6.45) is 1.81. The SMILES string of the molecule is CCNC(=NCc1cccc2c1OCCCO2)NC1CCN(C(=O)C(C)C)C1.I. The van der Waals surface area contributed by atoms with Crippen LogP contribution in [-0.2, 0) is 11.3 Å². The number of para-hydroxylation sites is 1. The van der Waals surface area contributed by atoms with Gasteiger partial charge in [-0.1, -0.05) is 26.0 Å². The molecule has 29 heavy (non-hydrogen) atoms. The summed E-state index contributed by atoms with van der Waals surface area (Å²) < 4.78 is 11.7. The zero-order valence-electron chi connectivity index (χ0n) is 17.6. The minimum atomic E-state index is 0. The van der Waals surface area contributed by atoms with E-state index in [0.717, 1.165) is 55.5 Å². The lowest BCUT2D eigenvalue weighted by Crippen LogP contribution is -2.45. The van der Waals surface area contributed by atoms with Gasteiger partial charge in [0.05, 0.1) is 19.8 Å². The van der Waals surface area contributed by atoms with E-state index in [2.05, 4.69) is 10.6 Å². The maximum atomic E-state index is 12.2. The van der Waals surface area contributed by atoms with Crippen LogP contribution in [-0.4, -0.2) is 55.7 Å². The average Bonchev–Trinajstić information content (AvgIpc) is 3.00. The Morgan fingerprint density at radius 3 is 2.86 bits per heavy atom. The predicted molar refractivity (Wildman–Crippen MR) is 125 cm³/mol. The summed E-state index contributed by atoms with van der Waals surface area (Å²) >= 11 is 0. The zero-order valence-corrected chi connectivity index (χ0v) is 19.9. The van der Waals surface area contributed by atoms with Crippen LogP contribution in [0.1, 0.15) is 39.2 Å². The summed E-state index contributed by atoms with van der Waals surface area (Å²) in [6.45, 7) is 10.1. The van der Waals surface area contributed by atoms with Gasteiger partial charge in [-0.2, -0.15) is 0 Å². The van der Waals surface area contributed by atoms with Gasteiger partial charge in [-0.15, -0.1) is 24.0 Å². The molecule has 1 unspecified atom stereocenters. The number of hydrogen-bond donors (Lipinski definition) is 2. The van der Waals surface area contributed by atoms with Gasteiger partial charge in [0, 0.05) is 43.6 Å². The molecule has 8 heteroatoms. The molecule has 1 fully saturated rings. The van der Waals surface area contributed by atoms with Gasteiger partial charge >= 0.3 is 0 Å². The highest BCUT2D eigenvalue weighted by Crippen LogP contribution is 2.33. The molecule has 162 valence electrons. The Morgan fingerprint density at radius 1 is 1.31 bits per heavy atom. The number of fused-ring (bicyclic) bond motifs is 1. The number of rotatable bonds is 5. The molecule has 7 nitrogen and oxygen atoms in total. The normalized spacial score (nSPS) is 18.8. The molecule has 2 N–H and O–H groups in total. The molecule has 1 aromatic carbocycles. The van der Waals surface area contributed by atoms with Crippen molar-refractivity contribution in [1.29, 1.82) is 0 Å². The van der Waals surface area contributed by atoms with Crippen molar-refractivity contribution in [2.45, 2.75) is 46.2 Å². The molecule has 0 spiro atoms. The molecule has 2 heterocycles. The van der Waals surface area contributed by atoms with Crippen LogP contribution < -0.4 is 20.1 Å². The van der Waals surface area contributed by atoms with Crippen molar-refractivity contribution in [3.63, 3.8) is 0 Å². The zero-order chi connectivity index (χ0) is 19.9. The highest BCUT2D eigenvalue weighted by molar-refractivity contribution is 14.0. The molecule has 0 bridgehead atoms. The van der Waals surface area contributed by atoms with E-state index >= 15 is 0 Å². The quantitative estimate of drug-likeness (QED) is 0.358. The maximum Gasteiger partial charge on any atom is 0.225 e. The largest absolute Gasteiger partial charge is 0.490 e. The lowest BCUT2D eigenvalue weighted by Gasteiger charge is -2.20. The molecule has 2 aliphatic rings. The number of guanidine groups is 1. The van der Waals surface area contributed by atoms with Crippen molar-refractivity contribution in [3.05, 3.63) is 23.8 Å². The lowest BCUT2D eigenvalue weighted by molar-refractivity contribution is -0.133. The third-order valence-corrected chi connectivity index (χ3v) is 4.94. The number of likely N-dealkylation sites (tertiary alicyclic amines) is 1. The Hall–Kier alpha value is -1.71. The standard InChI is InChI=1S/C21H32N4O3.HI/c1-4-22-21(24-17-9-10-25(14-17)20(26)15(2)3)23-13-16-7-5-8-18-19(16)28-12-6-11-27-18;/h5,7-8,15,17H,4,6,9-14H2,1-3H3,(H2,22,23,24);1H. The fraction of sp³-hybridized carbons (Fsp3) is 0.619. The van der Waals surface area contributed by atoms with E-state index < -0.39 is 0 Å². The van der Waals surface area contributed by atoms with Crippen molar-refractivity contribution >= 4 is 35.8 Å². The number of aliphatic imine (C=N–C) groups is 1. The third-order valence-electron chi connectivity index (χ3n) is 4.94. The van der Waals surface area contributed by atoms with E-state index in [4.69, 9.17) is 14.5 Å². The van der Waals surface area contributed by atoms with E-state index in [0.29, 0.717) is 19.8 Å². The highest BCUT2D eigenvalue weighted by atomic mass is 127. The number of benzene rings is 1. The Bertz CT molecular complexity index is 711. The molecule has 2 aliphatic heterocycles. The van der Waals surface area contributed by atoms with Crippen molar-refractivity contribution in [2.24, 2.45) is 10.9 Å². The molecular formula is C21H33IN4O3. The number of nitrogens with zero attached hydrogens (tertiary/aromatic N) is 2. The van der Waals surface area contributed by atoms with Gasteiger partial charge < -0.3 is 25.0 Å². The monoisotopic (exact) mass is 516 g/mol. The van der Waals surface area contributed by atoms with Gasteiger partial charge in [-0.25, -0.2) is 4.99 Å². The Balaban J connectivity index is 0.00000300. The highest BCUT2D eigenvalue weighted by Gasteiger charge is 2.28. The first kappa shape index (κ1) is 23.6. The van der Waals surface area contributed by atoms with E-state index in [1.165, 1.54) is 0 Å². The number of carbonyl (C=O) groups is 1. The Kier molecular flexibility index (Phi) is 9.32. The van der Waals surface area contributed by atoms with Gasteiger partial charge in [0.2, 0.25) is 5.91 Å². The first-order chi connectivity index (χ1) is 13.6. The summed E-state index contributed by atoms with van der Waals surface area (Å²) in [5.74, 6) is 2.61. The van der Waals surface area contributed by atoms with Crippen molar-refractivity contribution in [2.75, 3.05) is 32.8 Å². The molecule has 0 radical (unpaired) electrons. The molecule has 0 aromatic heterocycles. The number of halogens is 1. The molecule has 1 atom stereocenters. The van der Waals surface area contributed by atoms with Crippen LogP contribution in [0.25, 0.3) is 0 Å². The van der Waals surface area contributed by atoms with Crippen LogP contribution in [0.15, 0.2) is 23.2 Å². The Morgan fingerprint density at radius 2 is 2.10 bits per heavy atom. The third kappa shape index (κ3) is 6.38. The maximum absolute atomic E-state index is 12.2. The topological polar surface area (TPSA) is 75.2 Å². The van der Waals surface area contributed by atoms with Crippen LogP contribution in [0.3, 0.4) is 0 Å². The second-order valence-electron chi connectivity index (χ2n) is 7.56. The fourth-order valence-corrected chi connectivity index (χ4v) is 3.50. The van der Waals surface area contributed by atoms with E-state index in [1.807, 2.05) is 43.9 Å². The smallest absolute Gasteiger partial charge is 0.225 e. The van der Waals surface area contributed by atoms with Crippen molar-refractivity contribution < 1.29 is 14.3 Å². The molecule has 0 saturated carbocycles. The van der Waals surface area contributed by atoms with Crippen LogP contribution in [0.2, 0.25) is 0 Å². The predicted octanol–water partition coefficient (Wildman–Crippen LogP) is 2.78. The minimum absolute atomic E-state index is 0. The van der Waals surface area contributed by atoms with Crippen molar-refractivity contribution in [1.82, 2.24) is 15.5 Å². The van der Waals surface area contributed by atoms with Gasteiger partial charge in [-0.05, 0) is 19.4 Å². The minimum Gasteiger partial charge on any atom is -0.490 e. The second kappa shape index (κ2) is 11.5. The van der Waals surface area contributed by atoms with Crippen LogP contribution >= 0.6 is 24.0 Å². The summed E-state index contributed by atoms with van der Waals surface area (Å²) in [5, 5.41) is 6.78. The summed E-state index contributed by atoms with van der Waals surface area (Å²) in [6, 6.07) is 6.16. The molecular weight excluding hydrogens is 483 g/mol. The molecule has 0 aliphatic carbocycles. The van der Waals surface area contributed by atoms with Crippen LogP contribution in [0.5, 0.6) is 11.5 Å². The number of hydrogen-bond acceptors (Lipinski definition) is 4. The van der Waals surface area contributed by atoms with E-state index in [1.54, 1.807) is 0 Å². The molecule has 3 rings (SSSR count). The van der Waals surface area contributed by atoms with Crippen LogP contribution in [0.4, 0.5) is 0 Å². The first-order valence-electron chi connectivity index (χ1n) is 10.3. The van der Waals surface area contributed by atoms with E-state index in [-0.39, 0.29) is 41.8 Å². The molecule has 1 aromatic rings. The van der Waals surface area contributed by atoms with Gasteiger partial charge in [0.25, 0.3) is 0 Å². The summed E-state index contributed by atoms with van der Waals surface area (Å²) in [5.41, 5.74) is 1.01. The number of amides is 1. The number of nitrogens with one attached hydrogen (secondary N) is 2. The van der Waals surface area contributed by atoms with Gasteiger partial charge in [0.15, 0.2) is 17.5 Å². The number of carbonyl (C=O) groups excluding carboxylic acids is 1. The Labute approximate surface area is 190 Å². The van der Waals surface area contributed by atoms with Gasteiger partial charge in [-0.3, -0.25) is 4.79 Å². The van der Waals surface area contributed by atoms with Crippen LogP contribution in [0, 0.1) is 5.92 Å². The average molecular weight is 516 g/mol. The lowest BCUT2D eigenvalue weighted by atomic mass is 10.2.